The standard InChI is InChI=1S/C18H29N3O.2ClH/c1-15(12-19)18(22)21-10-8-17(9-11-21)14-20(2)13-16-6-4-3-5-7-16;;/h3-7,15,17H,8-14,19H2,1-2H3;2*1H. The molecule has 138 valence electrons. The van der Waals surface area contributed by atoms with Crippen molar-refractivity contribution in [2.75, 3.05) is 33.2 Å². The maximum Gasteiger partial charge on any atom is 0.226 e. The Bertz CT molecular complexity index is 465. The van der Waals surface area contributed by atoms with Crippen LogP contribution in [0.1, 0.15) is 25.3 Å². The molecule has 2 rings (SSSR count). The zero-order valence-electron chi connectivity index (χ0n) is 14.7. The molecule has 1 fully saturated rings. The third-order valence-electron chi connectivity index (χ3n) is 4.57. The molecule has 0 radical (unpaired) electrons. The van der Waals surface area contributed by atoms with Gasteiger partial charge in [-0.2, -0.15) is 0 Å². The van der Waals surface area contributed by atoms with Crippen molar-refractivity contribution in [1.82, 2.24) is 9.80 Å². The minimum absolute atomic E-state index is 0. The van der Waals surface area contributed by atoms with Crippen LogP contribution >= 0.6 is 24.8 Å². The molecule has 0 aliphatic carbocycles. The summed E-state index contributed by atoms with van der Waals surface area (Å²) < 4.78 is 0. The lowest BCUT2D eigenvalue weighted by Crippen LogP contribution is -2.44. The van der Waals surface area contributed by atoms with Crippen molar-refractivity contribution >= 4 is 30.7 Å². The summed E-state index contributed by atoms with van der Waals surface area (Å²) in [6.45, 7) is 6.22. The number of amides is 1. The van der Waals surface area contributed by atoms with E-state index in [-0.39, 0.29) is 36.6 Å². The van der Waals surface area contributed by atoms with Crippen molar-refractivity contribution < 1.29 is 4.79 Å². The number of likely N-dealkylation sites (tertiary alicyclic amines) is 1. The number of halogens is 2. The summed E-state index contributed by atoms with van der Waals surface area (Å²) in [6.07, 6.45) is 2.20. The minimum atomic E-state index is -0.0442. The van der Waals surface area contributed by atoms with E-state index in [2.05, 4.69) is 42.3 Å². The van der Waals surface area contributed by atoms with E-state index in [1.165, 1.54) is 5.56 Å². The highest BCUT2D eigenvalue weighted by Gasteiger charge is 2.25. The van der Waals surface area contributed by atoms with Crippen LogP contribution in [0.2, 0.25) is 0 Å². The van der Waals surface area contributed by atoms with Gasteiger partial charge in [0.05, 0.1) is 0 Å². The number of benzene rings is 1. The van der Waals surface area contributed by atoms with Gasteiger partial charge in [0, 0.05) is 38.6 Å². The van der Waals surface area contributed by atoms with Gasteiger partial charge in [-0.25, -0.2) is 0 Å². The van der Waals surface area contributed by atoms with Gasteiger partial charge in [-0.15, -0.1) is 24.8 Å². The zero-order chi connectivity index (χ0) is 15.9. The molecule has 1 heterocycles. The van der Waals surface area contributed by atoms with E-state index in [1.54, 1.807) is 0 Å². The number of carbonyl (C=O) groups is 1. The van der Waals surface area contributed by atoms with Crippen LogP contribution in [0, 0.1) is 11.8 Å². The van der Waals surface area contributed by atoms with E-state index >= 15 is 0 Å². The number of hydrogen-bond donors (Lipinski definition) is 1. The first-order valence-electron chi connectivity index (χ1n) is 8.31. The number of rotatable bonds is 6. The van der Waals surface area contributed by atoms with E-state index in [1.807, 2.05) is 11.8 Å². The number of nitrogens with two attached hydrogens (primary N) is 1. The molecule has 0 saturated carbocycles. The Morgan fingerprint density at radius 2 is 1.83 bits per heavy atom. The second-order valence-corrected chi connectivity index (χ2v) is 6.59. The smallest absolute Gasteiger partial charge is 0.226 e. The molecule has 1 aromatic rings. The molecule has 1 aliphatic heterocycles. The van der Waals surface area contributed by atoms with E-state index < -0.39 is 0 Å². The van der Waals surface area contributed by atoms with Crippen molar-refractivity contribution in [2.24, 2.45) is 17.6 Å². The predicted octanol–water partition coefficient (Wildman–Crippen LogP) is 2.80. The summed E-state index contributed by atoms with van der Waals surface area (Å²) >= 11 is 0. The van der Waals surface area contributed by atoms with Crippen LogP contribution in [0.5, 0.6) is 0 Å². The van der Waals surface area contributed by atoms with Crippen molar-refractivity contribution in [1.29, 1.82) is 0 Å². The fraction of sp³-hybridized carbons (Fsp3) is 0.611. The van der Waals surface area contributed by atoms with Crippen molar-refractivity contribution in [3.8, 4) is 0 Å². The van der Waals surface area contributed by atoms with E-state index in [0.717, 1.165) is 39.0 Å². The van der Waals surface area contributed by atoms with Crippen molar-refractivity contribution in [3.63, 3.8) is 0 Å². The summed E-state index contributed by atoms with van der Waals surface area (Å²) in [7, 11) is 2.18. The lowest BCUT2D eigenvalue weighted by Gasteiger charge is -2.35. The zero-order valence-corrected chi connectivity index (χ0v) is 16.3. The van der Waals surface area contributed by atoms with Crippen LogP contribution < -0.4 is 5.73 Å². The highest BCUT2D eigenvalue weighted by atomic mass is 35.5. The molecule has 1 aliphatic rings. The van der Waals surface area contributed by atoms with Gasteiger partial charge in [0.2, 0.25) is 5.91 Å². The second-order valence-electron chi connectivity index (χ2n) is 6.59. The Morgan fingerprint density at radius 1 is 1.25 bits per heavy atom. The summed E-state index contributed by atoms with van der Waals surface area (Å²) in [5.74, 6) is 0.863. The van der Waals surface area contributed by atoms with Gasteiger partial charge in [0.25, 0.3) is 0 Å². The lowest BCUT2D eigenvalue weighted by atomic mass is 9.95. The first-order chi connectivity index (χ1) is 10.6. The number of carbonyl (C=O) groups excluding carboxylic acids is 1. The van der Waals surface area contributed by atoms with Gasteiger partial charge in [0.1, 0.15) is 0 Å². The molecule has 1 unspecified atom stereocenters. The van der Waals surface area contributed by atoms with Crippen LogP contribution in [0.3, 0.4) is 0 Å². The third-order valence-corrected chi connectivity index (χ3v) is 4.57. The molecule has 24 heavy (non-hydrogen) atoms. The fourth-order valence-electron chi connectivity index (χ4n) is 3.15. The summed E-state index contributed by atoms with van der Waals surface area (Å²) in [5.41, 5.74) is 6.95. The second kappa shape index (κ2) is 11.7. The highest BCUT2D eigenvalue weighted by Crippen LogP contribution is 2.20. The van der Waals surface area contributed by atoms with Gasteiger partial charge in [-0.05, 0) is 31.4 Å². The van der Waals surface area contributed by atoms with Crippen molar-refractivity contribution in [2.45, 2.75) is 26.3 Å². The fourth-order valence-corrected chi connectivity index (χ4v) is 3.15. The Balaban J connectivity index is 0.00000264. The molecule has 0 aromatic heterocycles. The monoisotopic (exact) mass is 375 g/mol. The maximum absolute atomic E-state index is 12.1. The summed E-state index contributed by atoms with van der Waals surface area (Å²) in [4.78, 5) is 16.5. The summed E-state index contributed by atoms with van der Waals surface area (Å²) in [6, 6.07) is 10.6. The molecule has 2 N–H and O–H groups in total. The SMILES string of the molecule is CC(CN)C(=O)N1CCC(CN(C)Cc2ccccc2)CC1.Cl.Cl. The first-order valence-corrected chi connectivity index (χ1v) is 8.31. The van der Waals surface area contributed by atoms with Gasteiger partial charge in [-0.3, -0.25) is 4.79 Å². The van der Waals surface area contributed by atoms with Crippen LogP contribution in [0.25, 0.3) is 0 Å². The van der Waals surface area contributed by atoms with E-state index in [0.29, 0.717) is 12.5 Å². The first kappa shape index (κ1) is 23.2. The van der Waals surface area contributed by atoms with E-state index in [9.17, 15) is 4.79 Å². The largest absolute Gasteiger partial charge is 0.342 e. The molecule has 1 amide bonds. The Labute approximate surface area is 158 Å². The lowest BCUT2D eigenvalue weighted by molar-refractivity contribution is -0.136. The minimum Gasteiger partial charge on any atom is -0.342 e. The Kier molecular flexibility index (Phi) is 11.3. The Hall–Kier alpha value is -0.810. The van der Waals surface area contributed by atoms with Crippen LogP contribution in [-0.2, 0) is 11.3 Å². The Morgan fingerprint density at radius 3 is 2.38 bits per heavy atom. The number of nitrogens with zero attached hydrogens (tertiary/aromatic N) is 2. The molecule has 1 saturated heterocycles. The highest BCUT2D eigenvalue weighted by molar-refractivity contribution is 5.85. The predicted molar refractivity (Wildman–Crippen MR) is 105 cm³/mol. The van der Waals surface area contributed by atoms with Crippen molar-refractivity contribution in [3.05, 3.63) is 35.9 Å². The van der Waals surface area contributed by atoms with E-state index in [4.69, 9.17) is 5.73 Å². The van der Waals surface area contributed by atoms with Crippen LogP contribution in [0.4, 0.5) is 0 Å². The number of hydrogen-bond acceptors (Lipinski definition) is 3. The molecule has 1 atom stereocenters. The quantitative estimate of drug-likeness (QED) is 0.831. The van der Waals surface area contributed by atoms with Crippen LogP contribution in [0.15, 0.2) is 30.3 Å². The molecule has 0 bridgehead atoms. The van der Waals surface area contributed by atoms with Gasteiger partial charge in [0.15, 0.2) is 0 Å². The number of piperidine rings is 1. The van der Waals surface area contributed by atoms with Gasteiger partial charge >= 0.3 is 0 Å². The average Bonchev–Trinajstić information content (AvgIpc) is 2.55. The normalized spacial score (nSPS) is 16.2. The van der Waals surface area contributed by atoms with Gasteiger partial charge < -0.3 is 15.5 Å². The molecular weight excluding hydrogens is 345 g/mol. The molecule has 0 spiro atoms. The third kappa shape index (κ3) is 6.98. The maximum atomic E-state index is 12.1. The van der Waals surface area contributed by atoms with Gasteiger partial charge in [-0.1, -0.05) is 37.3 Å². The molecule has 6 heteroatoms. The van der Waals surface area contributed by atoms with Crippen LogP contribution in [-0.4, -0.2) is 48.9 Å². The average molecular weight is 376 g/mol. The topological polar surface area (TPSA) is 49.6 Å². The molecular formula is C18H31Cl2N3O. The molecule has 4 nitrogen and oxygen atoms in total. The molecule has 1 aromatic carbocycles. The summed E-state index contributed by atoms with van der Waals surface area (Å²) in [5, 5.41) is 0.